The SMILES string of the molecule is COc1ccccc1OCC(=O)N/N=C/c1cc(C)n(-c2ccccc2F)c1C. The predicted octanol–water partition coefficient (Wildman–Crippen LogP) is 3.77. The molecule has 0 aliphatic carbocycles. The van der Waals surface area contributed by atoms with Crippen molar-refractivity contribution in [2.75, 3.05) is 13.7 Å². The van der Waals surface area contributed by atoms with E-state index in [0.717, 1.165) is 17.0 Å². The van der Waals surface area contributed by atoms with Crippen LogP contribution in [-0.2, 0) is 4.79 Å². The van der Waals surface area contributed by atoms with E-state index in [1.165, 1.54) is 19.4 Å². The number of carbonyl (C=O) groups is 1. The van der Waals surface area contributed by atoms with Crippen LogP contribution in [0, 0.1) is 19.7 Å². The quantitative estimate of drug-likeness (QED) is 0.489. The molecule has 0 radical (unpaired) electrons. The molecule has 0 fully saturated rings. The molecule has 2 aromatic carbocycles. The second kappa shape index (κ2) is 9.05. The number of rotatable bonds is 7. The minimum atomic E-state index is -0.407. The number of para-hydroxylation sites is 3. The van der Waals surface area contributed by atoms with Gasteiger partial charge in [-0.15, -0.1) is 0 Å². The maximum absolute atomic E-state index is 14.1. The Kier molecular flexibility index (Phi) is 6.29. The van der Waals surface area contributed by atoms with Gasteiger partial charge in [-0.3, -0.25) is 4.79 Å². The van der Waals surface area contributed by atoms with Gasteiger partial charge in [-0.2, -0.15) is 5.10 Å². The van der Waals surface area contributed by atoms with Gasteiger partial charge in [0.25, 0.3) is 5.91 Å². The summed E-state index contributed by atoms with van der Waals surface area (Å²) in [4.78, 5) is 12.0. The monoisotopic (exact) mass is 395 g/mol. The Morgan fingerprint density at radius 1 is 1.14 bits per heavy atom. The van der Waals surface area contributed by atoms with Gasteiger partial charge in [-0.05, 0) is 44.2 Å². The number of nitrogens with zero attached hydrogens (tertiary/aromatic N) is 2. The van der Waals surface area contributed by atoms with Gasteiger partial charge in [-0.1, -0.05) is 24.3 Å². The second-order valence-electron chi connectivity index (χ2n) is 6.35. The highest BCUT2D eigenvalue weighted by Gasteiger charge is 2.12. The van der Waals surface area contributed by atoms with Crippen molar-refractivity contribution in [2.45, 2.75) is 13.8 Å². The van der Waals surface area contributed by atoms with E-state index in [9.17, 15) is 9.18 Å². The number of aryl methyl sites for hydroxylation is 1. The molecule has 6 nitrogen and oxygen atoms in total. The van der Waals surface area contributed by atoms with Gasteiger partial charge in [0, 0.05) is 17.0 Å². The molecule has 1 heterocycles. The summed E-state index contributed by atoms with van der Waals surface area (Å²) in [5, 5.41) is 3.98. The lowest BCUT2D eigenvalue weighted by Gasteiger charge is -2.10. The first-order valence-corrected chi connectivity index (χ1v) is 9.03. The van der Waals surface area contributed by atoms with Crippen LogP contribution < -0.4 is 14.9 Å². The summed E-state index contributed by atoms with van der Waals surface area (Å²) in [5.74, 6) is 0.307. The van der Waals surface area contributed by atoms with Crippen molar-refractivity contribution in [3.8, 4) is 17.2 Å². The minimum absolute atomic E-state index is 0.202. The minimum Gasteiger partial charge on any atom is -0.493 e. The molecule has 1 amide bonds. The molecule has 1 aromatic heterocycles. The molecule has 0 bridgehead atoms. The smallest absolute Gasteiger partial charge is 0.277 e. The number of nitrogens with one attached hydrogen (secondary N) is 1. The predicted molar refractivity (Wildman–Crippen MR) is 109 cm³/mol. The molecule has 3 aromatic rings. The molecular formula is C22H22FN3O3. The Hall–Kier alpha value is -3.61. The van der Waals surface area contributed by atoms with Crippen LogP contribution in [0.4, 0.5) is 4.39 Å². The summed E-state index contributed by atoms with van der Waals surface area (Å²) in [6.45, 7) is 3.55. The van der Waals surface area contributed by atoms with E-state index in [0.29, 0.717) is 17.2 Å². The zero-order valence-corrected chi connectivity index (χ0v) is 16.5. The van der Waals surface area contributed by atoms with Crippen molar-refractivity contribution in [3.05, 3.63) is 77.4 Å². The molecule has 1 N–H and O–H groups in total. The Labute approximate surface area is 168 Å². The maximum Gasteiger partial charge on any atom is 0.277 e. The van der Waals surface area contributed by atoms with Crippen LogP contribution in [0.25, 0.3) is 5.69 Å². The molecule has 3 rings (SSSR count). The number of hydrogen-bond donors (Lipinski definition) is 1. The highest BCUT2D eigenvalue weighted by molar-refractivity contribution is 5.84. The standard InChI is InChI=1S/C22H22FN3O3/c1-15-12-17(16(2)26(15)19-9-5-4-8-18(19)23)13-24-25-22(27)14-29-21-11-7-6-10-20(21)28-3/h4-13H,14H2,1-3H3,(H,25,27)/b24-13+. The zero-order valence-electron chi connectivity index (χ0n) is 16.5. The van der Waals surface area contributed by atoms with Crippen molar-refractivity contribution in [1.29, 1.82) is 0 Å². The van der Waals surface area contributed by atoms with Gasteiger partial charge >= 0.3 is 0 Å². The number of methoxy groups -OCH3 is 1. The van der Waals surface area contributed by atoms with E-state index in [-0.39, 0.29) is 12.4 Å². The molecule has 0 saturated heterocycles. The van der Waals surface area contributed by atoms with Gasteiger partial charge in [0.15, 0.2) is 18.1 Å². The number of hydrogen-bond acceptors (Lipinski definition) is 4. The highest BCUT2D eigenvalue weighted by atomic mass is 19.1. The lowest BCUT2D eigenvalue weighted by Crippen LogP contribution is -2.24. The molecule has 29 heavy (non-hydrogen) atoms. The van der Waals surface area contributed by atoms with Crippen molar-refractivity contribution in [2.24, 2.45) is 5.10 Å². The Bertz CT molecular complexity index is 1040. The summed E-state index contributed by atoms with van der Waals surface area (Å²) in [5.41, 5.74) is 5.35. The molecule has 0 aliphatic rings. The van der Waals surface area contributed by atoms with E-state index < -0.39 is 5.91 Å². The summed E-state index contributed by atoms with van der Waals surface area (Å²) in [6.07, 6.45) is 1.53. The van der Waals surface area contributed by atoms with E-state index in [2.05, 4.69) is 10.5 Å². The van der Waals surface area contributed by atoms with Crippen molar-refractivity contribution in [3.63, 3.8) is 0 Å². The number of ether oxygens (including phenoxy) is 2. The van der Waals surface area contributed by atoms with Gasteiger partial charge in [0.1, 0.15) is 5.82 Å². The second-order valence-corrected chi connectivity index (χ2v) is 6.35. The van der Waals surface area contributed by atoms with Gasteiger partial charge in [0.05, 0.1) is 19.0 Å². The highest BCUT2D eigenvalue weighted by Crippen LogP contribution is 2.25. The molecule has 7 heteroatoms. The Morgan fingerprint density at radius 2 is 1.83 bits per heavy atom. The lowest BCUT2D eigenvalue weighted by atomic mass is 10.2. The normalized spacial score (nSPS) is 10.9. The van der Waals surface area contributed by atoms with Gasteiger partial charge in [-0.25, -0.2) is 9.82 Å². The molecule has 150 valence electrons. The molecule has 0 aliphatic heterocycles. The van der Waals surface area contributed by atoms with Crippen LogP contribution in [0.1, 0.15) is 17.0 Å². The first-order valence-electron chi connectivity index (χ1n) is 9.03. The maximum atomic E-state index is 14.1. The van der Waals surface area contributed by atoms with Crippen LogP contribution in [0.3, 0.4) is 0 Å². The number of benzene rings is 2. The Morgan fingerprint density at radius 3 is 2.55 bits per heavy atom. The number of amides is 1. The van der Waals surface area contributed by atoms with Gasteiger partial charge < -0.3 is 14.0 Å². The third-order valence-corrected chi connectivity index (χ3v) is 4.38. The fraction of sp³-hybridized carbons (Fsp3) is 0.182. The largest absolute Gasteiger partial charge is 0.493 e. The van der Waals surface area contributed by atoms with Crippen LogP contribution in [-0.4, -0.2) is 30.4 Å². The van der Waals surface area contributed by atoms with Crippen LogP contribution in [0.2, 0.25) is 0 Å². The Balaban J connectivity index is 1.64. The number of hydrazone groups is 1. The van der Waals surface area contributed by atoms with E-state index in [4.69, 9.17) is 9.47 Å². The first kappa shape index (κ1) is 20.1. The van der Waals surface area contributed by atoms with Crippen LogP contribution in [0.15, 0.2) is 59.7 Å². The molecule has 0 atom stereocenters. The zero-order chi connectivity index (χ0) is 20.8. The van der Waals surface area contributed by atoms with Gasteiger partial charge in [0.2, 0.25) is 0 Å². The van der Waals surface area contributed by atoms with Crippen molar-refractivity contribution < 1.29 is 18.7 Å². The fourth-order valence-electron chi connectivity index (χ4n) is 3.01. The van der Waals surface area contributed by atoms with Crippen molar-refractivity contribution >= 4 is 12.1 Å². The van der Waals surface area contributed by atoms with Crippen molar-refractivity contribution in [1.82, 2.24) is 9.99 Å². The third kappa shape index (κ3) is 4.63. The first-order chi connectivity index (χ1) is 14.0. The summed E-state index contributed by atoms with van der Waals surface area (Å²) in [7, 11) is 1.53. The number of halogens is 1. The van der Waals surface area contributed by atoms with Crippen LogP contribution in [0.5, 0.6) is 11.5 Å². The molecule has 0 saturated carbocycles. The summed E-state index contributed by atoms with van der Waals surface area (Å²) < 4.78 is 26.6. The van der Waals surface area contributed by atoms with E-state index >= 15 is 0 Å². The number of carbonyl (C=O) groups excluding carboxylic acids is 1. The fourth-order valence-corrected chi connectivity index (χ4v) is 3.01. The summed E-state index contributed by atoms with van der Waals surface area (Å²) >= 11 is 0. The third-order valence-electron chi connectivity index (χ3n) is 4.38. The topological polar surface area (TPSA) is 64.8 Å². The number of aromatic nitrogens is 1. The van der Waals surface area contributed by atoms with Crippen LogP contribution >= 0.6 is 0 Å². The molecule has 0 unspecified atom stereocenters. The average molecular weight is 395 g/mol. The molecular weight excluding hydrogens is 373 g/mol. The summed E-state index contributed by atoms with van der Waals surface area (Å²) in [6, 6.07) is 15.5. The molecule has 0 spiro atoms. The average Bonchev–Trinajstić information content (AvgIpc) is 3.00. The lowest BCUT2D eigenvalue weighted by molar-refractivity contribution is -0.123. The van der Waals surface area contributed by atoms with E-state index in [1.54, 1.807) is 36.4 Å². The van der Waals surface area contributed by atoms with E-state index in [1.807, 2.05) is 30.5 Å².